The zero-order chi connectivity index (χ0) is 25.6. The molecule has 1 aliphatic heterocycles. The Bertz CT molecular complexity index is 1480. The molecule has 0 saturated heterocycles. The molecule has 1 amide bonds. The number of amides is 1. The number of nitrogens with one attached hydrogen (secondary N) is 1. The third kappa shape index (κ3) is 4.40. The van der Waals surface area contributed by atoms with Crippen LogP contribution in [0.15, 0.2) is 42.6 Å². The van der Waals surface area contributed by atoms with Crippen LogP contribution in [0.4, 0.5) is 5.82 Å². The van der Waals surface area contributed by atoms with Gasteiger partial charge in [-0.15, -0.1) is 0 Å². The van der Waals surface area contributed by atoms with Gasteiger partial charge in [0.2, 0.25) is 5.91 Å². The number of carbonyl (C=O) groups excluding carboxylic acids is 1. The Balaban J connectivity index is 1.86. The molecule has 0 spiro atoms. The molecule has 7 nitrogen and oxygen atoms in total. The standard InChI is InChI=1S/C29H31N3O4/c1-16-14-21-19(7-9-24(32-21)31-17(2)34)27(25(16)23(15-33)36-29(3,4)5)20-6-8-22-26-18(11-13-35-22)10-12-30-28(20)26/h6-10,12,14,23,33H,11,13,15H2,1-5H3,(H,31,32,34)/t23-/m0/s1. The summed E-state index contributed by atoms with van der Waals surface area (Å²) in [5.74, 6) is 1.14. The minimum absolute atomic E-state index is 0.175. The number of aliphatic hydroxyl groups is 1. The van der Waals surface area contributed by atoms with Crippen LogP contribution in [0.2, 0.25) is 0 Å². The Morgan fingerprint density at radius 2 is 2.03 bits per heavy atom. The lowest BCUT2D eigenvalue weighted by Gasteiger charge is -2.30. The van der Waals surface area contributed by atoms with E-state index in [1.165, 1.54) is 12.5 Å². The Hall–Kier alpha value is -3.55. The van der Waals surface area contributed by atoms with Crippen LogP contribution in [0.1, 0.15) is 50.5 Å². The van der Waals surface area contributed by atoms with Crippen LogP contribution in [-0.4, -0.2) is 39.8 Å². The molecule has 0 radical (unpaired) electrons. The lowest BCUT2D eigenvalue weighted by atomic mass is 9.86. The molecule has 4 aromatic rings. The fourth-order valence-electron chi connectivity index (χ4n) is 5.09. The predicted molar refractivity (Wildman–Crippen MR) is 141 cm³/mol. The maximum Gasteiger partial charge on any atom is 0.222 e. The Labute approximate surface area is 210 Å². The minimum Gasteiger partial charge on any atom is -0.493 e. The smallest absolute Gasteiger partial charge is 0.222 e. The first kappa shape index (κ1) is 24.2. The van der Waals surface area contributed by atoms with Crippen LogP contribution in [0.25, 0.3) is 32.9 Å². The summed E-state index contributed by atoms with van der Waals surface area (Å²) in [6, 6.07) is 11.8. The van der Waals surface area contributed by atoms with E-state index in [0.717, 1.165) is 56.2 Å². The van der Waals surface area contributed by atoms with E-state index in [1.807, 2.05) is 64.2 Å². The van der Waals surface area contributed by atoms with Gasteiger partial charge in [0.25, 0.3) is 0 Å². The van der Waals surface area contributed by atoms with Crippen LogP contribution < -0.4 is 10.1 Å². The number of rotatable bonds is 5. The van der Waals surface area contributed by atoms with E-state index < -0.39 is 11.7 Å². The number of fused-ring (bicyclic) bond motifs is 1. The van der Waals surface area contributed by atoms with Crippen molar-refractivity contribution in [2.75, 3.05) is 18.5 Å². The van der Waals surface area contributed by atoms with Gasteiger partial charge in [-0.25, -0.2) is 4.98 Å². The van der Waals surface area contributed by atoms with Crippen molar-refractivity contribution in [2.45, 2.75) is 52.7 Å². The van der Waals surface area contributed by atoms with Crippen molar-refractivity contribution in [3.63, 3.8) is 0 Å². The van der Waals surface area contributed by atoms with Crippen LogP contribution in [0, 0.1) is 6.92 Å². The second kappa shape index (κ2) is 9.15. The minimum atomic E-state index is -0.554. The van der Waals surface area contributed by atoms with Crippen LogP contribution in [0.3, 0.4) is 0 Å². The van der Waals surface area contributed by atoms with Gasteiger partial charge in [0, 0.05) is 35.9 Å². The van der Waals surface area contributed by atoms with Gasteiger partial charge in [-0.3, -0.25) is 9.78 Å². The molecular weight excluding hydrogens is 454 g/mol. The third-order valence-electron chi connectivity index (χ3n) is 6.37. The molecule has 3 heterocycles. The van der Waals surface area contributed by atoms with E-state index in [-0.39, 0.29) is 12.5 Å². The number of pyridine rings is 2. The van der Waals surface area contributed by atoms with Crippen molar-refractivity contribution in [2.24, 2.45) is 0 Å². The number of ether oxygens (including phenoxy) is 2. The molecular formula is C29H31N3O4. The number of hydrogen-bond acceptors (Lipinski definition) is 6. The molecule has 2 aromatic heterocycles. The molecule has 0 bridgehead atoms. The fourth-order valence-corrected chi connectivity index (χ4v) is 5.09. The number of aryl methyl sites for hydroxylation is 1. The topological polar surface area (TPSA) is 93.6 Å². The summed E-state index contributed by atoms with van der Waals surface area (Å²) in [5.41, 5.74) is 5.99. The number of hydrogen-bond donors (Lipinski definition) is 2. The summed E-state index contributed by atoms with van der Waals surface area (Å²) >= 11 is 0. The SMILES string of the molecule is CC(=O)Nc1ccc2c(-c3ccc4c5c(ccnc35)CCO4)c([C@H](CO)OC(C)(C)C)c(C)cc2n1. The summed E-state index contributed by atoms with van der Waals surface area (Å²) in [5, 5.41) is 15.2. The average molecular weight is 486 g/mol. The van der Waals surface area contributed by atoms with E-state index in [0.29, 0.717) is 12.4 Å². The van der Waals surface area contributed by atoms with Gasteiger partial charge in [0.15, 0.2) is 0 Å². The quantitative estimate of drug-likeness (QED) is 0.388. The summed E-state index contributed by atoms with van der Waals surface area (Å²) < 4.78 is 12.3. The van der Waals surface area contributed by atoms with Crippen molar-refractivity contribution in [3.05, 3.63) is 59.3 Å². The van der Waals surface area contributed by atoms with Crippen LogP contribution in [0.5, 0.6) is 5.75 Å². The van der Waals surface area contributed by atoms with Crippen LogP contribution >= 0.6 is 0 Å². The van der Waals surface area contributed by atoms with E-state index in [1.54, 1.807) is 6.07 Å². The normalized spacial score (nSPS) is 14.1. The molecule has 7 heteroatoms. The molecule has 5 rings (SSSR count). The monoisotopic (exact) mass is 485 g/mol. The Morgan fingerprint density at radius 3 is 2.75 bits per heavy atom. The number of aromatic nitrogens is 2. The van der Waals surface area contributed by atoms with Gasteiger partial charge in [0.05, 0.1) is 29.8 Å². The van der Waals surface area contributed by atoms with Gasteiger partial charge in [-0.1, -0.05) is 0 Å². The molecule has 186 valence electrons. The maximum atomic E-state index is 11.6. The Kier molecular flexibility index (Phi) is 6.14. The first-order chi connectivity index (χ1) is 17.2. The lowest BCUT2D eigenvalue weighted by molar-refractivity contribution is -0.114. The van der Waals surface area contributed by atoms with Crippen molar-refractivity contribution >= 4 is 33.5 Å². The summed E-state index contributed by atoms with van der Waals surface area (Å²) in [7, 11) is 0. The second-order valence-electron chi connectivity index (χ2n) is 10.2. The second-order valence-corrected chi connectivity index (χ2v) is 10.2. The number of anilines is 1. The van der Waals surface area contributed by atoms with Gasteiger partial charge in [-0.2, -0.15) is 0 Å². The predicted octanol–water partition coefficient (Wildman–Crippen LogP) is 5.50. The number of benzene rings is 2. The average Bonchev–Trinajstić information content (AvgIpc) is 2.82. The van der Waals surface area contributed by atoms with Gasteiger partial charge in [0.1, 0.15) is 17.7 Å². The zero-order valence-corrected chi connectivity index (χ0v) is 21.3. The molecule has 1 aliphatic rings. The molecule has 2 N–H and O–H groups in total. The first-order valence-electron chi connectivity index (χ1n) is 12.2. The molecule has 0 fully saturated rings. The van der Waals surface area contributed by atoms with E-state index >= 15 is 0 Å². The fraction of sp³-hybridized carbons (Fsp3) is 0.345. The highest BCUT2D eigenvalue weighted by atomic mass is 16.5. The molecule has 36 heavy (non-hydrogen) atoms. The zero-order valence-electron chi connectivity index (χ0n) is 21.3. The highest BCUT2D eigenvalue weighted by Gasteiger charge is 2.28. The molecule has 2 aromatic carbocycles. The molecule has 0 saturated carbocycles. The highest BCUT2D eigenvalue weighted by molar-refractivity contribution is 6.07. The van der Waals surface area contributed by atoms with E-state index in [2.05, 4.69) is 5.32 Å². The van der Waals surface area contributed by atoms with Gasteiger partial charge < -0.3 is 19.9 Å². The number of aliphatic hydroxyl groups excluding tert-OH is 1. The van der Waals surface area contributed by atoms with E-state index in [4.69, 9.17) is 19.4 Å². The number of nitrogens with zero attached hydrogens (tertiary/aromatic N) is 2. The summed E-state index contributed by atoms with van der Waals surface area (Å²) in [4.78, 5) is 21.2. The van der Waals surface area contributed by atoms with Gasteiger partial charge in [-0.05, 0) is 86.3 Å². The third-order valence-corrected chi connectivity index (χ3v) is 6.37. The maximum absolute atomic E-state index is 11.6. The largest absolute Gasteiger partial charge is 0.493 e. The molecule has 0 aliphatic carbocycles. The summed E-state index contributed by atoms with van der Waals surface area (Å²) in [6.07, 6.45) is 2.11. The Morgan fingerprint density at radius 1 is 1.22 bits per heavy atom. The van der Waals surface area contributed by atoms with Crippen molar-refractivity contribution < 1.29 is 19.4 Å². The van der Waals surface area contributed by atoms with E-state index in [9.17, 15) is 9.90 Å². The lowest BCUT2D eigenvalue weighted by Crippen LogP contribution is -2.25. The summed E-state index contributed by atoms with van der Waals surface area (Å²) in [6.45, 7) is 9.88. The number of carbonyl (C=O) groups is 1. The van der Waals surface area contributed by atoms with Crippen molar-refractivity contribution in [1.82, 2.24) is 9.97 Å². The van der Waals surface area contributed by atoms with Crippen LogP contribution in [-0.2, 0) is 16.0 Å². The highest BCUT2D eigenvalue weighted by Crippen LogP contribution is 2.44. The van der Waals surface area contributed by atoms with Crippen molar-refractivity contribution in [1.29, 1.82) is 0 Å². The van der Waals surface area contributed by atoms with Crippen molar-refractivity contribution in [3.8, 4) is 16.9 Å². The van der Waals surface area contributed by atoms with Gasteiger partial charge >= 0.3 is 0 Å². The first-order valence-corrected chi connectivity index (χ1v) is 12.2. The molecule has 1 atom stereocenters. The molecule has 0 unspecified atom stereocenters.